The van der Waals surface area contributed by atoms with Gasteiger partial charge in [0.25, 0.3) is 0 Å². The summed E-state index contributed by atoms with van der Waals surface area (Å²) in [5.74, 6) is -0.149. The topological polar surface area (TPSA) is 115 Å². The number of carbonyl (C=O) groups excluding carboxylic acids is 1. The highest BCUT2D eigenvalue weighted by Crippen LogP contribution is 2.26. The molecule has 5 N–H and O–H groups in total. The molecule has 0 saturated carbocycles. The molecule has 7 nitrogen and oxygen atoms in total. The first kappa shape index (κ1) is 12.4. The molecule has 3 heterocycles. The number of carbonyl (C=O) groups is 1. The zero-order chi connectivity index (χ0) is 15.3. The first-order valence-corrected chi connectivity index (χ1v) is 6.65. The Balaban J connectivity index is 2.02. The Morgan fingerprint density at radius 3 is 2.77 bits per heavy atom. The molecule has 7 heteroatoms. The molecule has 0 unspecified atom stereocenters. The number of rotatable bonds is 2. The summed E-state index contributed by atoms with van der Waals surface area (Å²) in [6.45, 7) is 0. The molecule has 108 valence electrons. The molecule has 0 radical (unpaired) electrons. The predicted octanol–water partition coefficient (Wildman–Crippen LogP) is 1.56. The maximum Gasteiger partial charge on any atom is 0.250 e. The van der Waals surface area contributed by atoms with E-state index in [1.54, 1.807) is 18.5 Å². The van der Waals surface area contributed by atoms with Crippen LogP contribution in [0.25, 0.3) is 27.8 Å². The van der Waals surface area contributed by atoms with Crippen LogP contribution in [0.1, 0.15) is 10.4 Å². The SMILES string of the molecule is NC(=O)c1cc2c(N)nc3cc(-c4cc[nH]n4)ccc3n2c1. The fraction of sp³-hybridized carbons (Fsp3) is 0. The first-order valence-electron chi connectivity index (χ1n) is 6.65. The summed E-state index contributed by atoms with van der Waals surface area (Å²) < 4.78 is 1.83. The van der Waals surface area contributed by atoms with E-state index in [0.717, 1.165) is 22.3 Å². The Bertz CT molecular complexity index is 1020. The second-order valence-corrected chi connectivity index (χ2v) is 5.01. The molecule has 0 fully saturated rings. The number of anilines is 1. The highest BCUT2D eigenvalue weighted by molar-refractivity contribution is 5.97. The normalized spacial score (nSPS) is 11.3. The van der Waals surface area contributed by atoms with Crippen molar-refractivity contribution < 1.29 is 4.79 Å². The van der Waals surface area contributed by atoms with Crippen molar-refractivity contribution in [2.75, 3.05) is 5.73 Å². The number of nitrogens with two attached hydrogens (primary N) is 2. The smallest absolute Gasteiger partial charge is 0.250 e. The third kappa shape index (κ3) is 1.72. The van der Waals surface area contributed by atoms with Gasteiger partial charge >= 0.3 is 0 Å². The number of primary amides is 1. The second kappa shape index (κ2) is 4.32. The number of hydrogen-bond acceptors (Lipinski definition) is 4. The van der Waals surface area contributed by atoms with Crippen LogP contribution in [0.2, 0.25) is 0 Å². The Kier molecular flexibility index (Phi) is 2.43. The van der Waals surface area contributed by atoms with Gasteiger partial charge in [0.15, 0.2) is 0 Å². The number of nitrogens with zero attached hydrogens (tertiary/aromatic N) is 3. The van der Waals surface area contributed by atoms with Crippen LogP contribution in [-0.4, -0.2) is 25.5 Å². The van der Waals surface area contributed by atoms with E-state index < -0.39 is 5.91 Å². The molecule has 0 saturated heterocycles. The highest BCUT2D eigenvalue weighted by Gasteiger charge is 2.12. The summed E-state index contributed by atoms with van der Waals surface area (Å²) in [4.78, 5) is 15.8. The molecule has 1 amide bonds. The quantitative estimate of drug-likeness (QED) is 0.520. The van der Waals surface area contributed by atoms with Gasteiger partial charge in [-0.2, -0.15) is 5.10 Å². The molecular formula is C15H12N6O. The Labute approximate surface area is 124 Å². The lowest BCUT2D eigenvalue weighted by molar-refractivity contribution is 0.100. The number of amides is 1. The van der Waals surface area contributed by atoms with Gasteiger partial charge in [0, 0.05) is 18.0 Å². The maximum absolute atomic E-state index is 11.4. The number of hydrogen-bond donors (Lipinski definition) is 3. The molecule has 0 aliphatic rings. The van der Waals surface area contributed by atoms with Crippen LogP contribution in [0.3, 0.4) is 0 Å². The van der Waals surface area contributed by atoms with Crippen molar-refractivity contribution in [3.05, 3.63) is 48.3 Å². The van der Waals surface area contributed by atoms with E-state index in [4.69, 9.17) is 11.5 Å². The van der Waals surface area contributed by atoms with Gasteiger partial charge in [-0.3, -0.25) is 9.89 Å². The fourth-order valence-electron chi connectivity index (χ4n) is 2.58. The molecule has 0 bridgehead atoms. The lowest BCUT2D eigenvalue weighted by Gasteiger charge is -2.06. The van der Waals surface area contributed by atoms with Crippen molar-refractivity contribution in [3.8, 4) is 11.3 Å². The Morgan fingerprint density at radius 1 is 1.18 bits per heavy atom. The van der Waals surface area contributed by atoms with Gasteiger partial charge in [-0.25, -0.2) is 4.98 Å². The standard InChI is InChI=1S/C15H12N6O/c16-14-13-6-9(15(17)22)7-21(13)12-2-1-8(5-11(12)19-14)10-3-4-18-20-10/h1-7H,(H2,16,19)(H2,17,22)(H,18,20). The molecule has 0 aliphatic heterocycles. The Morgan fingerprint density at radius 2 is 2.05 bits per heavy atom. The summed E-state index contributed by atoms with van der Waals surface area (Å²) in [6.07, 6.45) is 3.43. The third-order valence-corrected chi connectivity index (χ3v) is 3.64. The van der Waals surface area contributed by atoms with E-state index in [1.165, 1.54) is 0 Å². The number of nitrogen functional groups attached to an aromatic ring is 1. The minimum Gasteiger partial charge on any atom is -0.382 e. The van der Waals surface area contributed by atoms with Gasteiger partial charge in [-0.15, -0.1) is 0 Å². The van der Waals surface area contributed by atoms with Gasteiger partial charge in [0.1, 0.15) is 5.82 Å². The van der Waals surface area contributed by atoms with Gasteiger partial charge in [0.05, 0.1) is 27.8 Å². The van der Waals surface area contributed by atoms with Crippen LogP contribution in [0.5, 0.6) is 0 Å². The van der Waals surface area contributed by atoms with Crippen molar-refractivity contribution in [3.63, 3.8) is 0 Å². The van der Waals surface area contributed by atoms with E-state index in [1.807, 2.05) is 28.7 Å². The molecule has 0 spiro atoms. The highest BCUT2D eigenvalue weighted by atomic mass is 16.1. The van der Waals surface area contributed by atoms with Crippen LogP contribution in [0.15, 0.2) is 42.7 Å². The summed E-state index contributed by atoms with van der Waals surface area (Å²) in [7, 11) is 0. The molecule has 1 aromatic carbocycles. The Hall–Kier alpha value is -3.35. The van der Waals surface area contributed by atoms with Crippen molar-refractivity contribution >= 4 is 28.3 Å². The average Bonchev–Trinajstić information content (AvgIpc) is 3.17. The van der Waals surface area contributed by atoms with E-state index in [-0.39, 0.29) is 0 Å². The van der Waals surface area contributed by atoms with E-state index >= 15 is 0 Å². The van der Waals surface area contributed by atoms with Crippen LogP contribution in [0, 0.1) is 0 Å². The summed E-state index contributed by atoms with van der Waals surface area (Å²) >= 11 is 0. The van der Waals surface area contributed by atoms with Gasteiger partial charge in [-0.1, -0.05) is 6.07 Å². The van der Waals surface area contributed by atoms with Crippen molar-refractivity contribution in [2.24, 2.45) is 5.73 Å². The maximum atomic E-state index is 11.4. The molecular weight excluding hydrogens is 280 g/mol. The number of aromatic amines is 1. The lowest BCUT2D eigenvalue weighted by atomic mass is 10.1. The third-order valence-electron chi connectivity index (χ3n) is 3.64. The largest absolute Gasteiger partial charge is 0.382 e. The minimum absolute atomic E-state index is 0.346. The van der Waals surface area contributed by atoms with Gasteiger partial charge in [0.2, 0.25) is 5.91 Å². The van der Waals surface area contributed by atoms with Crippen LogP contribution < -0.4 is 11.5 Å². The van der Waals surface area contributed by atoms with E-state index in [9.17, 15) is 4.79 Å². The first-order chi connectivity index (χ1) is 10.6. The second-order valence-electron chi connectivity index (χ2n) is 5.01. The number of aromatic nitrogens is 4. The van der Waals surface area contributed by atoms with E-state index in [0.29, 0.717) is 16.9 Å². The van der Waals surface area contributed by atoms with Crippen molar-refractivity contribution in [2.45, 2.75) is 0 Å². The van der Waals surface area contributed by atoms with Crippen LogP contribution in [-0.2, 0) is 0 Å². The predicted molar refractivity (Wildman–Crippen MR) is 83.2 cm³/mol. The molecule has 0 atom stereocenters. The molecule has 3 aromatic heterocycles. The monoisotopic (exact) mass is 292 g/mol. The summed E-state index contributed by atoms with van der Waals surface area (Å²) in [6, 6.07) is 9.30. The number of fused-ring (bicyclic) bond motifs is 3. The zero-order valence-electron chi connectivity index (χ0n) is 11.4. The number of nitrogens with one attached hydrogen (secondary N) is 1. The van der Waals surface area contributed by atoms with Gasteiger partial charge < -0.3 is 15.9 Å². The number of H-pyrrole nitrogens is 1. The van der Waals surface area contributed by atoms with Crippen molar-refractivity contribution in [1.29, 1.82) is 0 Å². The average molecular weight is 292 g/mol. The van der Waals surface area contributed by atoms with Crippen LogP contribution in [0.4, 0.5) is 5.82 Å². The lowest BCUT2D eigenvalue weighted by Crippen LogP contribution is -2.09. The minimum atomic E-state index is -0.496. The summed E-state index contributed by atoms with van der Waals surface area (Å²) in [5.41, 5.74) is 15.7. The summed E-state index contributed by atoms with van der Waals surface area (Å²) in [5, 5.41) is 6.93. The molecule has 4 rings (SSSR count). The van der Waals surface area contributed by atoms with Gasteiger partial charge in [-0.05, 0) is 24.3 Å². The zero-order valence-corrected chi connectivity index (χ0v) is 11.4. The van der Waals surface area contributed by atoms with Crippen LogP contribution >= 0.6 is 0 Å². The van der Waals surface area contributed by atoms with Crippen molar-refractivity contribution in [1.82, 2.24) is 19.6 Å². The molecule has 4 aromatic rings. The number of benzene rings is 1. The fourth-order valence-corrected chi connectivity index (χ4v) is 2.58. The molecule has 0 aliphatic carbocycles. The molecule has 22 heavy (non-hydrogen) atoms. The van der Waals surface area contributed by atoms with E-state index in [2.05, 4.69) is 15.2 Å².